The van der Waals surface area contributed by atoms with E-state index in [0.29, 0.717) is 221 Å². The maximum absolute atomic E-state index is 12.8. The van der Waals surface area contributed by atoms with Crippen molar-refractivity contribution < 1.29 is 57.2 Å². The van der Waals surface area contributed by atoms with Gasteiger partial charge in [0.2, 0.25) is 0 Å². The first-order valence-electron chi connectivity index (χ1n) is 46.8. The zero-order valence-corrected chi connectivity index (χ0v) is 90.3. The molecule has 15 N–H and O–H groups in total. The van der Waals surface area contributed by atoms with Crippen molar-refractivity contribution in [2.24, 2.45) is 22.9 Å². The van der Waals surface area contributed by atoms with Crippen molar-refractivity contribution in [3.05, 3.63) is 345 Å². The van der Waals surface area contributed by atoms with Crippen LogP contribution in [0.1, 0.15) is 160 Å². The molecule has 14 rings (SSSR count). The Morgan fingerprint density at radius 3 is 0.745 bits per heavy atom. The lowest BCUT2D eigenvalue weighted by molar-refractivity contribution is 0.0983. The molecule has 24 nitrogen and oxygen atoms in total. The van der Waals surface area contributed by atoms with Crippen molar-refractivity contribution in [3.8, 4) is 34.5 Å². The van der Waals surface area contributed by atoms with Gasteiger partial charge in [-0.3, -0.25) is 28.8 Å². The van der Waals surface area contributed by atoms with Crippen LogP contribution in [0, 0.1) is 41.5 Å². The molecule has 2 saturated heterocycles. The Morgan fingerprint density at radius 1 is 0.276 bits per heavy atom. The summed E-state index contributed by atoms with van der Waals surface area (Å²) in [6.45, 7) is 19.3. The second-order valence-corrected chi connectivity index (χ2v) is 38.9. The minimum atomic E-state index is -0.347. The normalized spacial score (nSPS) is 12.2. The number of halogens is 12. The highest BCUT2D eigenvalue weighted by Crippen LogP contribution is 2.37. The SMILES string of the molecule is Cc1ccc(NC(=O)c2cc(Cl)ccc2OC2CCN(C)CC2)c(Cl)c1.Cc1ccc(NC(=O)c2cc(Cl)ccc2OC2CCNCC2)c(Cl)c1.Cc1ccc(NC(=O)c2cc(Cl)ccc2OCCCCCN)c(Cl)c1.Cc1ccc(NC(=O)c2cc(Cl)ccc2OCCCCN)c(Cl)c1.Cc1ccc(NC(=O)c2cc(Cl)ccc2OCCCN)c(Cl)c1.Cc1ccc(NC(=O)c2cc(Cl)ccc2OCCN)c(Cl)c1. The van der Waals surface area contributed by atoms with Gasteiger partial charge in [-0.05, 0) is 361 Å². The number of nitrogens with two attached hydrogens (primary N) is 4. The van der Waals surface area contributed by atoms with Crippen LogP contribution in [0.5, 0.6) is 34.5 Å². The van der Waals surface area contributed by atoms with Gasteiger partial charge in [0.05, 0.1) is 117 Å². The number of hydrogen-bond donors (Lipinski definition) is 11. The number of amides is 6. The van der Waals surface area contributed by atoms with Gasteiger partial charge in [-0.2, -0.15) is 0 Å². The van der Waals surface area contributed by atoms with Gasteiger partial charge >= 0.3 is 0 Å². The highest BCUT2D eigenvalue weighted by molar-refractivity contribution is 6.38. The number of nitrogens with zero attached hydrogens (tertiary/aromatic N) is 1. The van der Waals surface area contributed by atoms with Gasteiger partial charge in [0.25, 0.3) is 35.4 Å². The molecule has 36 heteroatoms. The minimum Gasteiger partial charge on any atom is -0.493 e. The molecular formula is C109H118Cl12N12O12. The summed E-state index contributed by atoms with van der Waals surface area (Å²) in [5, 5.41) is 25.8. The van der Waals surface area contributed by atoms with Crippen molar-refractivity contribution in [1.82, 2.24) is 10.2 Å². The van der Waals surface area contributed by atoms with Crippen LogP contribution >= 0.6 is 139 Å². The first-order valence-corrected chi connectivity index (χ1v) is 51.3. The third kappa shape index (κ3) is 39.6. The lowest BCUT2D eigenvalue weighted by Gasteiger charge is -2.29. The van der Waals surface area contributed by atoms with E-state index in [2.05, 4.69) is 49.2 Å². The topological polar surface area (TPSA) is 349 Å². The van der Waals surface area contributed by atoms with Gasteiger partial charge in [-0.1, -0.05) is 176 Å². The molecule has 2 heterocycles. The summed E-state index contributed by atoms with van der Waals surface area (Å²) in [6, 6.07) is 62.6. The molecule has 145 heavy (non-hydrogen) atoms. The van der Waals surface area contributed by atoms with Gasteiger partial charge < -0.3 is 93.5 Å². The second kappa shape index (κ2) is 61.3. The number of hydrogen-bond acceptors (Lipinski definition) is 18. The first kappa shape index (κ1) is 118. The summed E-state index contributed by atoms with van der Waals surface area (Å²) in [7, 11) is 2.10. The van der Waals surface area contributed by atoms with Crippen molar-refractivity contribution in [2.45, 2.75) is 118 Å². The molecule has 12 aromatic carbocycles. The first-order chi connectivity index (χ1) is 69.5. The summed E-state index contributed by atoms with van der Waals surface area (Å²) in [4.78, 5) is 78.0. The van der Waals surface area contributed by atoms with E-state index < -0.39 is 0 Å². The standard InChI is InChI=1S/C20H22Cl2N2O2.C19H20Cl2N2O2.C19H22Cl2N2O2.C18H20Cl2N2O2.C17H18Cl2N2O2.C16H16Cl2N2O2/c1-13-3-5-18(17(22)11-13)23-20(25)16-12-14(21)4-6-19(16)26-15-7-9-24(2)10-8-15;1-12-2-4-17(16(21)10-12)23-19(24)15-11-13(20)3-5-18(15)25-14-6-8-22-9-7-14;1-13-5-7-17(16(21)11-13)23-19(24)15-12-14(20)6-8-18(15)25-10-4-2-3-9-22;1-12-4-6-16(15(20)10-12)22-18(23)14-11-13(19)5-7-17(14)24-9-3-2-8-21;1-11-3-5-15(14(19)9-11)21-17(22)13-10-12(18)4-6-16(13)23-8-2-7-20;1-10-2-4-14(13(18)8-10)20-16(21)12-9-11(17)3-5-15(12)22-7-6-19/h3-6,11-12,15H,7-10H2,1-2H3,(H,23,25);2-5,10-11,14,22H,6-9H2,1H3,(H,23,24);5-8,11-12H,2-4,9-10,22H2,1H3,(H,23,24);4-7,10-11H,2-3,8-9,21H2,1H3,(H,22,23);3-6,9-10H,2,7-8,20H2,1H3,(H,21,22);2-5,8-9H,6-7,19H2,1H3,(H,20,21). The Bertz CT molecular complexity index is 6370. The number of aryl methyl sites for hydroxylation is 6. The van der Waals surface area contributed by atoms with Crippen molar-refractivity contribution in [1.29, 1.82) is 0 Å². The Kier molecular flexibility index (Phi) is 49.9. The van der Waals surface area contributed by atoms with Crippen LogP contribution in [-0.2, 0) is 0 Å². The zero-order chi connectivity index (χ0) is 105. The number of nitrogens with one attached hydrogen (secondary N) is 7. The van der Waals surface area contributed by atoms with Crippen LogP contribution in [0.15, 0.2) is 218 Å². The van der Waals surface area contributed by atoms with Crippen molar-refractivity contribution in [3.63, 3.8) is 0 Å². The Hall–Kier alpha value is -10.5. The molecule has 12 aromatic rings. The number of rotatable bonds is 34. The minimum absolute atomic E-state index is 0.0944. The predicted octanol–water partition coefficient (Wildman–Crippen LogP) is 27.6. The lowest BCUT2D eigenvalue weighted by Crippen LogP contribution is -2.36. The summed E-state index contributed by atoms with van der Waals surface area (Å²) in [6.07, 6.45) is 9.11. The number of unbranched alkanes of at least 4 members (excludes halogenated alkanes) is 3. The molecule has 0 aromatic heterocycles. The highest BCUT2D eigenvalue weighted by Gasteiger charge is 2.27. The molecule has 0 atom stereocenters. The number of anilines is 6. The molecule has 2 aliphatic rings. The molecule has 0 radical (unpaired) electrons. The molecule has 6 amide bonds. The summed E-state index contributed by atoms with van der Waals surface area (Å²) in [5.74, 6) is 1.05. The Balaban J connectivity index is 0.000000194. The summed E-state index contributed by atoms with van der Waals surface area (Å²) >= 11 is 73.3. The quantitative estimate of drug-likeness (QED) is 0.0167. The van der Waals surface area contributed by atoms with Crippen molar-refractivity contribution >= 4 is 209 Å². The largest absolute Gasteiger partial charge is 0.493 e. The average Bonchev–Trinajstić information content (AvgIpc) is 0.831. The monoisotopic (exact) mass is 2210 g/mol. The van der Waals surface area contributed by atoms with E-state index in [1.54, 1.807) is 170 Å². The van der Waals surface area contributed by atoms with E-state index in [-0.39, 0.29) is 47.7 Å². The van der Waals surface area contributed by atoms with Crippen LogP contribution in [0.25, 0.3) is 0 Å². The smallest absolute Gasteiger partial charge is 0.259 e. The average molecular weight is 2210 g/mol. The summed E-state index contributed by atoms with van der Waals surface area (Å²) < 4.78 is 34.7. The van der Waals surface area contributed by atoms with E-state index in [9.17, 15) is 28.8 Å². The van der Waals surface area contributed by atoms with E-state index in [1.165, 1.54) is 0 Å². The highest BCUT2D eigenvalue weighted by atomic mass is 35.5. The van der Waals surface area contributed by atoms with Gasteiger partial charge in [0.1, 0.15) is 53.3 Å². The molecule has 0 unspecified atom stereocenters. The third-order valence-electron chi connectivity index (χ3n) is 21.8. The molecule has 770 valence electrons. The van der Waals surface area contributed by atoms with Crippen LogP contribution in [0.3, 0.4) is 0 Å². The number of carbonyl (C=O) groups excluding carboxylic acids is 6. The molecule has 0 aliphatic carbocycles. The van der Waals surface area contributed by atoms with Gasteiger partial charge in [-0.25, -0.2) is 0 Å². The van der Waals surface area contributed by atoms with Crippen LogP contribution in [0.2, 0.25) is 60.3 Å². The van der Waals surface area contributed by atoms with Crippen LogP contribution in [0.4, 0.5) is 34.1 Å². The van der Waals surface area contributed by atoms with Crippen LogP contribution < -0.4 is 88.6 Å². The molecule has 0 bridgehead atoms. The molecule has 2 aliphatic heterocycles. The maximum Gasteiger partial charge on any atom is 0.259 e. The van der Waals surface area contributed by atoms with Crippen LogP contribution in [-0.4, -0.2) is 138 Å². The molecule has 0 spiro atoms. The fourth-order valence-corrected chi connectivity index (χ4v) is 16.8. The van der Waals surface area contributed by atoms with E-state index in [1.807, 2.05) is 90.1 Å². The molecule has 2 fully saturated rings. The fraction of sp³-hybridized carbons (Fsp3) is 0.284. The second-order valence-electron chi connectivity index (χ2n) is 33.8. The number of likely N-dealkylation sites (tertiary alicyclic amines) is 1. The van der Waals surface area contributed by atoms with Gasteiger partial charge in [0.15, 0.2) is 0 Å². The van der Waals surface area contributed by atoms with Gasteiger partial charge in [-0.15, -0.1) is 0 Å². The number of ether oxygens (including phenoxy) is 6. The predicted molar refractivity (Wildman–Crippen MR) is 597 cm³/mol. The van der Waals surface area contributed by atoms with Crippen molar-refractivity contribution in [2.75, 3.05) is 118 Å². The maximum atomic E-state index is 12.8. The lowest BCUT2D eigenvalue weighted by atomic mass is 10.1. The Labute approximate surface area is 907 Å². The number of benzene rings is 12. The fourth-order valence-electron chi connectivity index (χ4n) is 14.1. The summed E-state index contributed by atoms with van der Waals surface area (Å²) in [5.41, 5.74) is 33.5. The van der Waals surface area contributed by atoms with E-state index in [4.69, 9.17) is 191 Å². The Morgan fingerprint density at radius 2 is 0.497 bits per heavy atom. The molecular weight excluding hydrogens is 2090 g/mol. The molecule has 0 saturated carbocycles. The van der Waals surface area contributed by atoms with Gasteiger partial charge in [0, 0.05) is 49.8 Å². The number of piperidine rings is 2. The number of carbonyl (C=O) groups is 6. The zero-order valence-electron chi connectivity index (χ0n) is 81.2. The third-order valence-corrected chi connectivity index (χ3v) is 25.1. The van der Waals surface area contributed by atoms with E-state index >= 15 is 0 Å². The van der Waals surface area contributed by atoms with E-state index in [0.717, 1.165) is 117 Å².